The van der Waals surface area contributed by atoms with Gasteiger partial charge >= 0.3 is 0 Å². The standard InChI is InChI=1S/C22H23N3O4S/c1-28-17-8-10-18(11-9-17)29-14-13-23-21(27)19-15-30-22(24-19)25-20(26)12-7-16-5-3-2-4-6-16/h2-6,8-11,15H,7,12-14H2,1H3,(H,23,27)(H,24,25,26). The second kappa shape index (κ2) is 11.0. The molecule has 156 valence electrons. The number of carbonyl (C=O) groups excluding carboxylic acids is 2. The van der Waals surface area contributed by atoms with E-state index in [9.17, 15) is 9.59 Å². The van der Waals surface area contributed by atoms with Crippen molar-refractivity contribution in [3.05, 3.63) is 71.2 Å². The molecule has 0 atom stereocenters. The number of hydrogen-bond acceptors (Lipinski definition) is 6. The molecule has 8 heteroatoms. The molecule has 0 aliphatic carbocycles. The zero-order valence-corrected chi connectivity index (χ0v) is 17.4. The van der Waals surface area contributed by atoms with E-state index < -0.39 is 0 Å². The van der Waals surface area contributed by atoms with Crippen LogP contribution in [0.4, 0.5) is 5.13 Å². The van der Waals surface area contributed by atoms with Crippen molar-refractivity contribution in [1.82, 2.24) is 10.3 Å². The van der Waals surface area contributed by atoms with Crippen molar-refractivity contribution >= 4 is 28.3 Å². The summed E-state index contributed by atoms with van der Waals surface area (Å²) in [5, 5.41) is 7.51. The maximum Gasteiger partial charge on any atom is 0.270 e. The molecule has 3 rings (SSSR count). The van der Waals surface area contributed by atoms with Crippen LogP contribution >= 0.6 is 11.3 Å². The molecule has 2 aromatic carbocycles. The van der Waals surface area contributed by atoms with Gasteiger partial charge in [-0.05, 0) is 36.2 Å². The third-order valence-electron chi connectivity index (χ3n) is 4.18. The van der Waals surface area contributed by atoms with Crippen LogP contribution in [0, 0.1) is 0 Å². The number of methoxy groups -OCH3 is 1. The lowest BCUT2D eigenvalue weighted by atomic mass is 10.1. The number of aromatic nitrogens is 1. The number of carbonyl (C=O) groups is 2. The molecule has 2 amide bonds. The van der Waals surface area contributed by atoms with Crippen LogP contribution < -0.4 is 20.1 Å². The number of amides is 2. The molecule has 0 radical (unpaired) electrons. The van der Waals surface area contributed by atoms with E-state index in [1.54, 1.807) is 36.8 Å². The van der Waals surface area contributed by atoms with E-state index >= 15 is 0 Å². The monoisotopic (exact) mass is 425 g/mol. The van der Waals surface area contributed by atoms with Crippen molar-refractivity contribution < 1.29 is 19.1 Å². The summed E-state index contributed by atoms with van der Waals surface area (Å²) >= 11 is 1.22. The average molecular weight is 426 g/mol. The Kier molecular flexibility index (Phi) is 7.79. The Morgan fingerprint density at radius 3 is 2.50 bits per heavy atom. The predicted octanol–water partition coefficient (Wildman–Crippen LogP) is 3.53. The van der Waals surface area contributed by atoms with Gasteiger partial charge in [-0.15, -0.1) is 11.3 Å². The number of aryl methyl sites for hydroxylation is 1. The maximum atomic E-state index is 12.2. The van der Waals surface area contributed by atoms with Gasteiger partial charge < -0.3 is 20.1 Å². The van der Waals surface area contributed by atoms with Crippen molar-refractivity contribution in [3.63, 3.8) is 0 Å². The van der Waals surface area contributed by atoms with E-state index in [4.69, 9.17) is 9.47 Å². The summed E-state index contributed by atoms with van der Waals surface area (Å²) in [6.45, 7) is 0.659. The van der Waals surface area contributed by atoms with Crippen molar-refractivity contribution in [2.24, 2.45) is 0 Å². The van der Waals surface area contributed by atoms with Crippen LogP contribution in [0.5, 0.6) is 11.5 Å². The number of thiazole rings is 1. The van der Waals surface area contributed by atoms with E-state index in [-0.39, 0.29) is 17.5 Å². The molecule has 2 N–H and O–H groups in total. The zero-order valence-electron chi connectivity index (χ0n) is 16.6. The first kappa shape index (κ1) is 21.3. The fourth-order valence-corrected chi connectivity index (χ4v) is 3.32. The first-order valence-corrected chi connectivity index (χ1v) is 10.4. The average Bonchev–Trinajstić information content (AvgIpc) is 3.25. The number of hydrogen-bond donors (Lipinski definition) is 2. The molecule has 0 saturated heterocycles. The molecular formula is C22H23N3O4S. The lowest BCUT2D eigenvalue weighted by Crippen LogP contribution is -2.28. The molecular weight excluding hydrogens is 402 g/mol. The van der Waals surface area contributed by atoms with E-state index in [0.29, 0.717) is 36.9 Å². The highest BCUT2D eigenvalue weighted by Gasteiger charge is 2.12. The van der Waals surface area contributed by atoms with Gasteiger partial charge in [0.05, 0.1) is 13.7 Å². The summed E-state index contributed by atoms with van der Waals surface area (Å²) in [5.74, 6) is 1.00. The molecule has 0 aliphatic rings. The smallest absolute Gasteiger partial charge is 0.270 e. The third-order valence-corrected chi connectivity index (χ3v) is 4.94. The second-order valence-corrected chi connectivity index (χ2v) is 7.21. The first-order chi connectivity index (χ1) is 14.6. The van der Waals surface area contributed by atoms with Gasteiger partial charge in [0.15, 0.2) is 5.13 Å². The Labute approximate surface area is 179 Å². The van der Waals surface area contributed by atoms with Crippen molar-refractivity contribution in [1.29, 1.82) is 0 Å². The zero-order chi connectivity index (χ0) is 21.2. The van der Waals surface area contributed by atoms with Crippen molar-refractivity contribution in [3.8, 4) is 11.5 Å². The molecule has 1 heterocycles. The Morgan fingerprint density at radius 1 is 1.03 bits per heavy atom. The Balaban J connectivity index is 1.37. The molecule has 30 heavy (non-hydrogen) atoms. The summed E-state index contributed by atoms with van der Waals surface area (Å²) in [6.07, 6.45) is 1.01. The summed E-state index contributed by atoms with van der Waals surface area (Å²) < 4.78 is 10.7. The Bertz CT molecular complexity index is 958. The normalized spacial score (nSPS) is 10.3. The second-order valence-electron chi connectivity index (χ2n) is 6.35. The lowest BCUT2D eigenvalue weighted by molar-refractivity contribution is -0.116. The van der Waals surface area contributed by atoms with Gasteiger partial charge in [-0.3, -0.25) is 9.59 Å². The quantitative estimate of drug-likeness (QED) is 0.485. The number of benzene rings is 2. The Morgan fingerprint density at radius 2 is 1.77 bits per heavy atom. The number of nitrogens with zero attached hydrogens (tertiary/aromatic N) is 1. The topological polar surface area (TPSA) is 89.5 Å². The number of rotatable bonds is 10. The fraction of sp³-hybridized carbons (Fsp3) is 0.227. The molecule has 1 aromatic heterocycles. The maximum absolute atomic E-state index is 12.2. The number of nitrogens with one attached hydrogen (secondary N) is 2. The highest BCUT2D eigenvalue weighted by molar-refractivity contribution is 7.14. The number of anilines is 1. The van der Waals surface area contributed by atoms with Gasteiger partial charge in [0, 0.05) is 11.8 Å². The van der Waals surface area contributed by atoms with Gasteiger partial charge in [-0.2, -0.15) is 0 Å². The predicted molar refractivity (Wildman–Crippen MR) is 116 cm³/mol. The minimum atomic E-state index is -0.311. The van der Waals surface area contributed by atoms with Crippen LogP contribution in [0.2, 0.25) is 0 Å². The largest absolute Gasteiger partial charge is 0.497 e. The minimum Gasteiger partial charge on any atom is -0.497 e. The lowest BCUT2D eigenvalue weighted by Gasteiger charge is -2.07. The van der Waals surface area contributed by atoms with Gasteiger partial charge in [0.1, 0.15) is 23.8 Å². The molecule has 0 fully saturated rings. The first-order valence-electron chi connectivity index (χ1n) is 9.48. The highest BCUT2D eigenvalue weighted by Crippen LogP contribution is 2.17. The van der Waals surface area contributed by atoms with Crippen LogP contribution in [0.15, 0.2) is 60.0 Å². The van der Waals surface area contributed by atoms with E-state index in [1.807, 2.05) is 30.3 Å². The molecule has 0 saturated carbocycles. The van der Waals surface area contributed by atoms with Gasteiger partial charge in [-0.1, -0.05) is 30.3 Å². The van der Waals surface area contributed by atoms with E-state index in [2.05, 4.69) is 15.6 Å². The molecule has 7 nitrogen and oxygen atoms in total. The number of ether oxygens (including phenoxy) is 2. The minimum absolute atomic E-state index is 0.131. The van der Waals surface area contributed by atoms with Gasteiger partial charge in [0.2, 0.25) is 5.91 Å². The fourth-order valence-electron chi connectivity index (χ4n) is 2.62. The van der Waals surface area contributed by atoms with E-state index in [1.165, 1.54) is 11.3 Å². The summed E-state index contributed by atoms with van der Waals surface area (Å²) in [4.78, 5) is 28.5. The Hall–Kier alpha value is -3.39. The van der Waals surface area contributed by atoms with Crippen LogP contribution in [-0.2, 0) is 11.2 Å². The van der Waals surface area contributed by atoms with Crippen LogP contribution in [-0.4, -0.2) is 37.1 Å². The van der Waals surface area contributed by atoms with Crippen LogP contribution in [0.1, 0.15) is 22.5 Å². The van der Waals surface area contributed by atoms with Gasteiger partial charge in [0.25, 0.3) is 5.91 Å². The van der Waals surface area contributed by atoms with E-state index in [0.717, 1.165) is 11.3 Å². The highest BCUT2D eigenvalue weighted by atomic mass is 32.1. The molecule has 0 spiro atoms. The van der Waals surface area contributed by atoms with Crippen LogP contribution in [0.25, 0.3) is 0 Å². The molecule has 0 unspecified atom stereocenters. The van der Waals surface area contributed by atoms with Crippen LogP contribution in [0.3, 0.4) is 0 Å². The molecule has 0 aliphatic heterocycles. The summed E-state index contributed by atoms with van der Waals surface area (Å²) in [6, 6.07) is 17.0. The summed E-state index contributed by atoms with van der Waals surface area (Å²) in [7, 11) is 1.60. The molecule has 0 bridgehead atoms. The van der Waals surface area contributed by atoms with Crippen molar-refractivity contribution in [2.45, 2.75) is 12.8 Å². The summed E-state index contributed by atoms with van der Waals surface area (Å²) in [5.41, 5.74) is 1.37. The van der Waals surface area contributed by atoms with Crippen molar-refractivity contribution in [2.75, 3.05) is 25.6 Å². The SMILES string of the molecule is COc1ccc(OCCNC(=O)c2csc(NC(=O)CCc3ccccc3)n2)cc1. The van der Waals surface area contributed by atoms with Gasteiger partial charge in [-0.25, -0.2) is 4.98 Å². The third kappa shape index (κ3) is 6.59. The molecule has 3 aromatic rings.